The van der Waals surface area contributed by atoms with Crippen molar-refractivity contribution in [1.82, 2.24) is 0 Å². The Labute approximate surface area is 310 Å². The largest absolute Gasteiger partial charge is 0.289 e. The number of hydrogen-bond donors (Lipinski definition) is 0. The van der Waals surface area contributed by atoms with Crippen LogP contribution in [0.15, 0.2) is 155 Å². The minimum atomic E-state index is -0.00522. The minimum Gasteiger partial charge on any atom is -0.289 e. The summed E-state index contributed by atoms with van der Waals surface area (Å²) in [6.07, 6.45) is 1.58. The number of hydrogen-bond acceptors (Lipinski definition) is 5. The number of benzene rings is 6. The van der Waals surface area contributed by atoms with Crippen LogP contribution in [0.3, 0.4) is 0 Å². The lowest BCUT2D eigenvalue weighted by molar-refractivity contribution is 0.102. The SMILES string of the molecule is C=C(C)C(=O)c1ccc(-c2ccccc2SSSc2ccccc2-c2ccc(C(=O)C(=C)C)c3c2Cc2ccccc2-3)c2c1-c1ccccc1C2. The molecule has 5 heteroatoms. The van der Waals surface area contributed by atoms with Gasteiger partial charge in [0.1, 0.15) is 0 Å². The molecule has 0 bridgehead atoms. The molecule has 2 aliphatic carbocycles. The molecule has 0 spiro atoms. The van der Waals surface area contributed by atoms with Gasteiger partial charge in [0.15, 0.2) is 11.6 Å². The number of carbonyl (C=O) groups is 2. The standard InChI is InChI=1S/C46H34O2S3/c1-27(2)45(47)37-23-21-33(39-25-29-13-5-7-15-31(29)43(37)39)35-17-9-11-19-41(35)49-51-50-42-20-12-10-18-36(42)34-22-24-38(46(48)28(3)4)44-32-16-8-6-14-30(32)26-40(34)44/h5-24H,1,3,25-26H2,2,4H3. The third-order valence-corrected chi connectivity index (χ3v) is 13.7. The van der Waals surface area contributed by atoms with E-state index in [0.717, 1.165) is 68.5 Å². The van der Waals surface area contributed by atoms with E-state index in [1.807, 2.05) is 24.3 Å². The van der Waals surface area contributed by atoms with E-state index in [2.05, 4.69) is 110 Å². The van der Waals surface area contributed by atoms with Gasteiger partial charge >= 0.3 is 0 Å². The van der Waals surface area contributed by atoms with E-state index < -0.39 is 0 Å². The zero-order valence-electron chi connectivity index (χ0n) is 28.4. The van der Waals surface area contributed by atoms with Crippen LogP contribution in [0, 0.1) is 0 Å². The average Bonchev–Trinajstić information content (AvgIpc) is 3.74. The molecule has 0 saturated carbocycles. The lowest BCUT2D eigenvalue weighted by atomic mass is 9.89. The van der Waals surface area contributed by atoms with Gasteiger partial charge in [-0.25, -0.2) is 0 Å². The van der Waals surface area contributed by atoms with E-state index in [1.165, 1.54) is 32.0 Å². The van der Waals surface area contributed by atoms with Crippen molar-refractivity contribution in [3.63, 3.8) is 0 Å². The number of ketones is 2. The molecule has 0 radical (unpaired) electrons. The smallest absolute Gasteiger partial charge is 0.188 e. The number of carbonyl (C=O) groups excluding carboxylic acids is 2. The average molecular weight is 715 g/mol. The first-order chi connectivity index (χ1) is 24.8. The third-order valence-electron chi connectivity index (χ3n) is 9.80. The normalized spacial score (nSPS) is 12.1. The minimum absolute atomic E-state index is 0.00522. The van der Waals surface area contributed by atoms with Crippen LogP contribution in [0.2, 0.25) is 0 Å². The Hall–Kier alpha value is -4.81. The van der Waals surface area contributed by atoms with Crippen molar-refractivity contribution in [2.45, 2.75) is 36.5 Å². The van der Waals surface area contributed by atoms with Crippen LogP contribution in [0.1, 0.15) is 56.8 Å². The summed E-state index contributed by atoms with van der Waals surface area (Å²) >= 11 is 0. The Bertz CT molecular complexity index is 2280. The molecule has 248 valence electrons. The number of allylic oxidation sites excluding steroid dienone is 2. The second-order valence-electron chi connectivity index (χ2n) is 13.1. The zero-order valence-corrected chi connectivity index (χ0v) is 30.9. The van der Waals surface area contributed by atoms with Crippen LogP contribution in [0.25, 0.3) is 44.5 Å². The summed E-state index contributed by atoms with van der Waals surface area (Å²) in [5.41, 5.74) is 16.4. The summed E-state index contributed by atoms with van der Waals surface area (Å²) in [5, 5.41) is 0. The quantitative estimate of drug-likeness (QED) is 0.0800. The van der Waals surface area contributed by atoms with Crippen LogP contribution in [-0.4, -0.2) is 11.6 Å². The molecule has 0 atom stereocenters. The molecule has 2 aliphatic rings. The Balaban J connectivity index is 1.12. The monoisotopic (exact) mass is 714 g/mol. The highest BCUT2D eigenvalue weighted by Crippen LogP contribution is 2.53. The van der Waals surface area contributed by atoms with Crippen molar-refractivity contribution in [2.24, 2.45) is 0 Å². The predicted octanol–water partition coefficient (Wildman–Crippen LogP) is 13.1. The molecule has 51 heavy (non-hydrogen) atoms. The number of Topliss-reactive ketones (excluding diaryl/α,β-unsaturated/α-hetero) is 2. The molecule has 0 amide bonds. The van der Waals surface area contributed by atoms with Crippen molar-refractivity contribution in [1.29, 1.82) is 0 Å². The summed E-state index contributed by atoms with van der Waals surface area (Å²) in [6, 6.07) is 42.2. The fraction of sp³-hybridized carbons (Fsp3) is 0.0870. The van der Waals surface area contributed by atoms with Gasteiger partial charge in [-0.1, -0.05) is 110 Å². The first-order valence-electron chi connectivity index (χ1n) is 16.9. The number of rotatable bonds is 10. The molecule has 0 N–H and O–H groups in total. The highest BCUT2D eigenvalue weighted by Gasteiger charge is 2.29. The molecule has 0 unspecified atom stereocenters. The second kappa shape index (κ2) is 13.7. The Morgan fingerprint density at radius 2 is 0.843 bits per heavy atom. The highest BCUT2D eigenvalue weighted by atomic mass is 33.5. The van der Waals surface area contributed by atoms with Crippen molar-refractivity contribution in [3.05, 3.63) is 179 Å². The summed E-state index contributed by atoms with van der Waals surface area (Å²) in [4.78, 5) is 28.9. The molecule has 6 aromatic carbocycles. The summed E-state index contributed by atoms with van der Waals surface area (Å²) in [6.45, 7) is 11.5. The molecule has 6 aromatic rings. The van der Waals surface area contributed by atoms with E-state index in [9.17, 15) is 9.59 Å². The lowest BCUT2D eigenvalue weighted by Crippen LogP contribution is -2.04. The van der Waals surface area contributed by atoms with Crippen molar-refractivity contribution in [2.75, 3.05) is 0 Å². The maximum Gasteiger partial charge on any atom is 0.188 e. The molecule has 8 rings (SSSR count). The van der Waals surface area contributed by atoms with Gasteiger partial charge in [-0.15, -0.1) is 0 Å². The van der Waals surface area contributed by atoms with Crippen molar-refractivity contribution in [3.8, 4) is 44.5 Å². The Morgan fingerprint density at radius 1 is 0.471 bits per heavy atom. The number of fused-ring (bicyclic) bond motifs is 6. The van der Waals surface area contributed by atoms with Crippen LogP contribution < -0.4 is 0 Å². The van der Waals surface area contributed by atoms with Crippen molar-refractivity contribution < 1.29 is 9.59 Å². The Kier molecular flexibility index (Phi) is 8.97. The van der Waals surface area contributed by atoms with E-state index in [4.69, 9.17) is 0 Å². The van der Waals surface area contributed by atoms with Gasteiger partial charge in [0.05, 0.1) is 0 Å². The van der Waals surface area contributed by atoms with Crippen LogP contribution in [0.4, 0.5) is 0 Å². The second-order valence-corrected chi connectivity index (χ2v) is 17.1. The highest BCUT2D eigenvalue weighted by molar-refractivity contribution is 9.09. The van der Waals surface area contributed by atoms with E-state index in [0.29, 0.717) is 11.1 Å². The molecule has 2 nitrogen and oxygen atoms in total. The first-order valence-corrected chi connectivity index (χ1v) is 20.4. The summed E-state index contributed by atoms with van der Waals surface area (Å²) < 4.78 is 0. The van der Waals surface area contributed by atoms with Gasteiger partial charge in [0, 0.05) is 20.9 Å². The molecule has 0 aliphatic heterocycles. The van der Waals surface area contributed by atoms with Gasteiger partial charge < -0.3 is 0 Å². The summed E-state index contributed by atoms with van der Waals surface area (Å²) in [7, 11) is 5.25. The van der Waals surface area contributed by atoms with Gasteiger partial charge in [-0.05, 0) is 160 Å². The molecular formula is C46H34O2S3. The van der Waals surface area contributed by atoms with Gasteiger partial charge in [0.2, 0.25) is 0 Å². The molecular weight excluding hydrogens is 681 g/mol. The van der Waals surface area contributed by atoms with Crippen LogP contribution in [-0.2, 0) is 12.8 Å². The summed E-state index contributed by atoms with van der Waals surface area (Å²) in [5.74, 6) is -0.0104. The van der Waals surface area contributed by atoms with E-state index in [-0.39, 0.29) is 11.6 Å². The van der Waals surface area contributed by atoms with E-state index >= 15 is 0 Å². The zero-order chi connectivity index (χ0) is 35.2. The molecule has 0 saturated heterocycles. The third kappa shape index (κ3) is 5.93. The first kappa shape index (κ1) is 33.3. The molecule has 0 fully saturated rings. The van der Waals surface area contributed by atoms with E-state index in [1.54, 1.807) is 45.3 Å². The predicted molar refractivity (Wildman–Crippen MR) is 218 cm³/mol. The van der Waals surface area contributed by atoms with Gasteiger partial charge in [-0.3, -0.25) is 9.59 Å². The Morgan fingerprint density at radius 3 is 1.25 bits per heavy atom. The molecule has 0 heterocycles. The fourth-order valence-corrected chi connectivity index (χ4v) is 11.5. The lowest BCUT2D eigenvalue weighted by Gasteiger charge is -2.17. The fourth-order valence-electron chi connectivity index (χ4n) is 7.45. The van der Waals surface area contributed by atoms with Gasteiger partial charge in [-0.2, -0.15) is 0 Å². The maximum atomic E-state index is 13.3. The molecule has 0 aromatic heterocycles. The van der Waals surface area contributed by atoms with Crippen LogP contribution >= 0.6 is 31.4 Å². The van der Waals surface area contributed by atoms with Crippen molar-refractivity contribution >= 4 is 43.0 Å². The van der Waals surface area contributed by atoms with Gasteiger partial charge in [0.25, 0.3) is 0 Å². The topological polar surface area (TPSA) is 34.1 Å². The maximum absolute atomic E-state index is 13.3. The van der Waals surface area contributed by atoms with Crippen LogP contribution in [0.5, 0.6) is 0 Å².